The lowest BCUT2D eigenvalue weighted by molar-refractivity contribution is -0.117. The molecular weight excluding hydrogens is 303 g/mol. The van der Waals surface area contributed by atoms with E-state index >= 15 is 0 Å². The number of hydrogen-bond donors (Lipinski definition) is 0. The smallest absolute Gasteiger partial charge is 0.151 e. The molecule has 104 valence electrons. The summed E-state index contributed by atoms with van der Waals surface area (Å²) in [6, 6.07) is 4.62. The van der Waals surface area contributed by atoms with Gasteiger partial charge < -0.3 is 0 Å². The number of Topliss-reactive ketones (excluding diaryl/α,β-unsaturated/α-hetero) is 1. The highest BCUT2D eigenvalue weighted by atomic mass is 35.5. The summed E-state index contributed by atoms with van der Waals surface area (Å²) in [6.07, 6.45) is 0.218. The van der Waals surface area contributed by atoms with Gasteiger partial charge in [-0.2, -0.15) is 11.8 Å². The molecule has 1 saturated heterocycles. The Morgan fingerprint density at radius 3 is 2.84 bits per heavy atom. The minimum Gasteiger partial charge on any atom is -0.298 e. The average molecular weight is 319 g/mol. The molecule has 1 nitrogen and oxygen atoms in total. The van der Waals surface area contributed by atoms with Crippen LogP contribution in [0.3, 0.4) is 0 Å². The molecule has 19 heavy (non-hydrogen) atoms. The molecule has 1 aromatic rings. The highest BCUT2D eigenvalue weighted by Crippen LogP contribution is 2.36. The number of hydrogen-bond acceptors (Lipinski definition) is 3. The minimum atomic E-state index is -0.459. The molecule has 0 bridgehead atoms. The second-order valence-electron chi connectivity index (χ2n) is 4.72. The van der Waals surface area contributed by atoms with Crippen LogP contribution in [0.1, 0.15) is 19.4 Å². The van der Waals surface area contributed by atoms with Crippen LogP contribution in [0.5, 0.6) is 0 Å². The normalized spacial score (nSPS) is 27.3. The van der Waals surface area contributed by atoms with E-state index in [4.69, 9.17) is 11.6 Å². The lowest BCUT2D eigenvalue weighted by atomic mass is 10.1. The van der Waals surface area contributed by atoms with Crippen molar-refractivity contribution < 1.29 is 9.18 Å². The van der Waals surface area contributed by atoms with E-state index in [1.54, 1.807) is 23.9 Å². The Hall–Kier alpha value is -0.190. The second kappa shape index (κ2) is 6.51. The largest absolute Gasteiger partial charge is 0.298 e. The predicted octanol–water partition coefficient (Wildman–Crippen LogP) is 4.22. The van der Waals surface area contributed by atoms with Crippen molar-refractivity contribution in [2.24, 2.45) is 0 Å². The van der Waals surface area contributed by atoms with Crippen LogP contribution >= 0.6 is 35.1 Å². The predicted molar refractivity (Wildman–Crippen MR) is 82.9 cm³/mol. The van der Waals surface area contributed by atoms with Crippen molar-refractivity contribution in [2.75, 3.05) is 5.75 Å². The highest BCUT2D eigenvalue weighted by molar-refractivity contribution is 8.08. The van der Waals surface area contributed by atoms with Gasteiger partial charge >= 0.3 is 0 Å². The number of ketones is 1. The van der Waals surface area contributed by atoms with Gasteiger partial charge in [-0.05, 0) is 11.6 Å². The molecule has 0 aromatic heterocycles. The van der Waals surface area contributed by atoms with E-state index in [0.717, 1.165) is 5.75 Å². The number of rotatable bonds is 3. The molecule has 1 aliphatic rings. The molecule has 5 heteroatoms. The lowest BCUT2D eigenvalue weighted by Gasteiger charge is -2.30. The van der Waals surface area contributed by atoms with E-state index < -0.39 is 5.82 Å². The third kappa shape index (κ3) is 3.67. The summed E-state index contributed by atoms with van der Waals surface area (Å²) in [6.45, 7) is 4.34. The van der Waals surface area contributed by atoms with Crippen molar-refractivity contribution in [1.29, 1.82) is 0 Å². The molecule has 1 fully saturated rings. The molecular formula is C14H16ClFOS2. The van der Waals surface area contributed by atoms with Crippen LogP contribution in [-0.2, 0) is 11.2 Å². The van der Waals surface area contributed by atoms with Gasteiger partial charge in [-0.3, -0.25) is 4.79 Å². The highest BCUT2D eigenvalue weighted by Gasteiger charge is 2.30. The first-order chi connectivity index (χ1) is 8.99. The molecule has 3 unspecified atom stereocenters. The second-order valence-corrected chi connectivity index (χ2v) is 8.10. The van der Waals surface area contributed by atoms with E-state index in [9.17, 15) is 9.18 Å². The fourth-order valence-corrected chi connectivity index (χ4v) is 5.02. The van der Waals surface area contributed by atoms with Crippen molar-refractivity contribution in [3.8, 4) is 0 Å². The van der Waals surface area contributed by atoms with Crippen LogP contribution < -0.4 is 0 Å². The molecule has 0 radical (unpaired) electrons. The quantitative estimate of drug-likeness (QED) is 0.830. The van der Waals surface area contributed by atoms with E-state index in [-0.39, 0.29) is 22.5 Å². The van der Waals surface area contributed by atoms with Gasteiger partial charge in [0, 0.05) is 22.7 Å². The number of carbonyl (C=O) groups excluding carboxylic acids is 1. The molecule has 1 heterocycles. The molecule has 0 aliphatic carbocycles. The monoisotopic (exact) mass is 318 g/mol. The Morgan fingerprint density at radius 1 is 1.42 bits per heavy atom. The van der Waals surface area contributed by atoms with Gasteiger partial charge in [0.05, 0.1) is 10.3 Å². The first-order valence-electron chi connectivity index (χ1n) is 6.21. The van der Waals surface area contributed by atoms with Crippen molar-refractivity contribution in [1.82, 2.24) is 0 Å². The topological polar surface area (TPSA) is 17.1 Å². The third-order valence-electron chi connectivity index (χ3n) is 3.31. The number of halogens is 2. The third-order valence-corrected chi connectivity index (χ3v) is 7.17. The fourth-order valence-electron chi connectivity index (χ4n) is 1.94. The Labute approximate surface area is 126 Å². The number of carbonyl (C=O) groups is 1. The van der Waals surface area contributed by atoms with Gasteiger partial charge in [0.2, 0.25) is 0 Å². The summed E-state index contributed by atoms with van der Waals surface area (Å²) in [4.78, 5) is 12.3. The number of benzene rings is 1. The van der Waals surface area contributed by atoms with Crippen LogP contribution in [0.4, 0.5) is 4.39 Å². The van der Waals surface area contributed by atoms with E-state index in [1.165, 1.54) is 6.07 Å². The maximum absolute atomic E-state index is 13.3. The summed E-state index contributed by atoms with van der Waals surface area (Å²) in [5.41, 5.74) is 0.587. The maximum Gasteiger partial charge on any atom is 0.151 e. The van der Waals surface area contributed by atoms with Gasteiger partial charge in [-0.15, -0.1) is 11.8 Å². The number of thioether (sulfide) groups is 2. The zero-order valence-corrected chi connectivity index (χ0v) is 13.2. The van der Waals surface area contributed by atoms with Crippen molar-refractivity contribution in [3.05, 3.63) is 34.6 Å². The SMILES string of the molecule is CC1SCC(C(=O)Cc2cccc(F)c2Cl)SC1C. The molecule has 1 aliphatic heterocycles. The van der Waals surface area contributed by atoms with Gasteiger partial charge in [-0.1, -0.05) is 37.6 Å². The zero-order valence-electron chi connectivity index (χ0n) is 10.9. The lowest BCUT2D eigenvalue weighted by Crippen LogP contribution is -2.32. The van der Waals surface area contributed by atoms with Crippen LogP contribution in [0.25, 0.3) is 0 Å². The molecule has 0 saturated carbocycles. The van der Waals surface area contributed by atoms with E-state index in [2.05, 4.69) is 13.8 Å². The minimum absolute atomic E-state index is 0.00414. The van der Waals surface area contributed by atoms with Gasteiger partial charge in [-0.25, -0.2) is 4.39 Å². The Balaban J connectivity index is 2.03. The van der Waals surface area contributed by atoms with Crippen LogP contribution in [0, 0.1) is 5.82 Å². The summed E-state index contributed by atoms with van der Waals surface area (Å²) in [5.74, 6) is 0.519. The van der Waals surface area contributed by atoms with Crippen molar-refractivity contribution in [2.45, 2.75) is 36.0 Å². The molecule has 0 N–H and O–H groups in total. The molecule has 3 atom stereocenters. The van der Waals surface area contributed by atoms with Crippen LogP contribution in [0.15, 0.2) is 18.2 Å². The summed E-state index contributed by atoms with van der Waals surface area (Å²) in [5, 5.41) is 1.11. The van der Waals surface area contributed by atoms with Gasteiger partial charge in [0.25, 0.3) is 0 Å². The molecule has 2 rings (SSSR count). The first kappa shape index (κ1) is 15.2. The van der Waals surface area contributed by atoms with E-state index in [0.29, 0.717) is 16.1 Å². The van der Waals surface area contributed by atoms with Gasteiger partial charge in [0.15, 0.2) is 5.78 Å². The van der Waals surface area contributed by atoms with Crippen molar-refractivity contribution >= 4 is 40.9 Å². The summed E-state index contributed by atoms with van der Waals surface area (Å²) < 4.78 is 13.3. The zero-order chi connectivity index (χ0) is 14.0. The average Bonchev–Trinajstić information content (AvgIpc) is 2.38. The standard InChI is InChI=1S/C14H16ClFOS2/c1-8-9(2)19-13(7-18-8)12(17)6-10-4-3-5-11(16)14(10)15/h3-5,8-9,13H,6-7H2,1-2H3. The summed E-state index contributed by atoms with van der Waals surface area (Å²) in [7, 11) is 0. The molecule has 0 amide bonds. The molecule has 0 spiro atoms. The first-order valence-corrected chi connectivity index (χ1v) is 8.58. The fraction of sp³-hybridized carbons (Fsp3) is 0.500. The summed E-state index contributed by atoms with van der Waals surface area (Å²) >= 11 is 9.45. The Morgan fingerprint density at radius 2 is 2.16 bits per heavy atom. The maximum atomic E-state index is 13.3. The van der Waals surface area contributed by atoms with Crippen molar-refractivity contribution in [3.63, 3.8) is 0 Å². The Bertz CT molecular complexity index is 481. The molecule has 1 aromatic carbocycles. The Kier molecular flexibility index (Phi) is 5.21. The van der Waals surface area contributed by atoms with E-state index in [1.807, 2.05) is 11.8 Å². The van der Waals surface area contributed by atoms with Gasteiger partial charge in [0.1, 0.15) is 5.82 Å². The van der Waals surface area contributed by atoms with Crippen LogP contribution in [-0.4, -0.2) is 27.3 Å². The van der Waals surface area contributed by atoms with Crippen LogP contribution in [0.2, 0.25) is 5.02 Å².